The second kappa shape index (κ2) is 2.91. The Bertz CT molecular complexity index is 109. The van der Waals surface area contributed by atoms with E-state index in [0.717, 1.165) is 17.9 Å². The van der Waals surface area contributed by atoms with Crippen molar-refractivity contribution in [1.82, 2.24) is 4.90 Å². The average molecular weight is 141 g/mol. The second-order valence-corrected chi connectivity index (χ2v) is 4.09. The molecule has 0 aromatic heterocycles. The van der Waals surface area contributed by atoms with Gasteiger partial charge >= 0.3 is 0 Å². The largest absolute Gasteiger partial charge is 0.303 e. The lowest BCUT2D eigenvalue weighted by Crippen LogP contribution is -2.29. The van der Waals surface area contributed by atoms with Crippen LogP contribution < -0.4 is 0 Å². The van der Waals surface area contributed by atoms with Gasteiger partial charge in [-0.05, 0) is 25.3 Å². The monoisotopic (exact) mass is 141 g/mol. The summed E-state index contributed by atoms with van der Waals surface area (Å²) < 4.78 is 0. The molecule has 1 saturated heterocycles. The summed E-state index contributed by atoms with van der Waals surface area (Å²) >= 11 is 0. The molecular weight excluding hydrogens is 122 g/mol. The molecule has 0 amide bonds. The van der Waals surface area contributed by atoms with E-state index in [2.05, 4.69) is 32.7 Å². The van der Waals surface area contributed by atoms with Crippen molar-refractivity contribution in [3.8, 4) is 0 Å². The third-order valence-electron chi connectivity index (χ3n) is 2.58. The zero-order valence-electron chi connectivity index (χ0n) is 7.59. The summed E-state index contributed by atoms with van der Waals surface area (Å²) in [4.78, 5) is 2.50. The molecule has 0 saturated carbocycles. The molecule has 1 aliphatic heterocycles. The lowest BCUT2D eigenvalue weighted by molar-refractivity contribution is 0.250. The van der Waals surface area contributed by atoms with Gasteiger partial charge < -0.3 is 4.90 Å². The molecule has 1 heterocycles. The summed E-state index contributed by atoms with van der Waals surface area (Å²) in [7, 11) is 2.24. The van der Waals surface area contributed by atoms with Crippen LogP contribution in [0.4, 0.5) is 0 Å². The molecule has 1 rings (SSSR count). The molecular formula is C9H19N. The lowest BCUT2D eigenvalue weighted by Gasteiger charge is -2.22. The van der Waals surface area contributed by atoms with Crippen molar-refractivity contribution in [2.45, 2.75) is 33.2 Å². The maximum absolute atomic E-state index is 2.50. The summed E-state index contributed by atoms with van der Waals surface area (Å²) in [5.41, 5.74) is 0. The van der Waals surface area contributed by atoms with Crippen LogP contribution in [0.15, 0.2) is 0 Å². The minimum atomic E-state index is 0.829. The van der Waals surface area contributed by atoms with Crippen LogP contribution in [0.25, 0.3) is 0 Å². The Morgan fingerprint density at radius 3 is 2.20 bits per heavy atom. The molecule has 2 unspecified atom stereocenters. The SMILES string of the molecule is CC1CC(C(C)C)N(C)C1. The number of rotatable bonds is 1. The highest BCUT2D eigenvalue weighted by Crippen LogP contribution is 2.25. The molecule has 0 radical (unpaired) electrons. The molecule has 0 bridgehead atoms. The fraction of sp³-hybridized carbons (Fsp3) is 1.00. The molecule has 1 aliphatic rings. The van der Waals surface area contributed by atoms with Crippen molar-refractivity contribution in [2.75, 3.05) is 13.6 Å². The van der Waals surface area contributed by atoms with Gasteiger partial charge in [-0.15, -0.1) is 0 Å². The Hall–Kier alpha value is -0.0400. The average Bonchev–Trinajstić information content (AvgIpc) is 2.10. The molecule has 0 aromatic rings. The minimum absolute atomic E-state index is 0.829. The maximum atomic E-state index is 2.50. The zero-order chi connectivity index (χ0) is 7.72. The standard InChI is InChI=1S/C9H19N/c1-7(2)9-5-8(3)6-10(9)4/h7-9H,5-6H2,1-4H3. The van der Waals surface area contributed by atoms with Gasteiger partial charge in [0.05, 0.1) is 0 Å². The Morgan fingerprint density at radius 2 is 2.00 bits per heavy atom. The first-order valence-corrected chi connectivity index (χ1v) is 4.31. The Balaban J connectivity index is 2.46. The quantitative estimate of drug-likeness (QED) is 0.539. The summed E-state index contributed by atoms with van der Waals surface area (Å²) in [6.07, 6.45) is 1.40. The van der Waals surface area contributed by atoms with Crippen molar-refractivity contribution in [3.05, 3.63) is 0 Å². The number of hydrogen-bond donors (Lipinski definition) is 0. The molecule has 60 valence electrons. The van der Waals surface area contributed by atoms with Crippen LogP contribution in [-0.2, 0) is 0 Å². The van der Waals surface area contributed by atoms with Gasteiger partial charge in [0, 0.05) is 12.6 Å². The first kappa shape index (κ1) is 8.06. The Morgan fingerprint density at radius 1 is 1.40 bits per heavy atom. The first-order chi connectivity index (χ1) is 4.61. The van der Waals surface area contributed by atoms with E-state index in [0.29, 0.717) is 0 Å². The van der Waals surface area contributed by atoms with Gasteiger partial charge in [0.25, 0.3) is 0 Å². The molecule has 1 fully saturated rings. The summed E-state index contributed by atoms with van der Waals surface area (Å²) in [5, 5.41) is 0. The van der Waals surface area contributed by atoms with Gasteiger partial charge in [-0.1, -0.05) is 20.8 Å². The Kier molecular flexibility index (Phi) is 2.35. The fourth-order valence-corrected chi connectivity index (χ4v) is 2.07. The van der Waals surface area contributed by atoms with Crippen LogP contribution in [0.3, 0.4) is 0 Å². The topological polar surface area (TPSA) is 3.24 Å². The molecule has 0 N–H and O–H groups in total. The van der Waals surface area contributed by atoms with Crippen molar-refractivity contribution in [1.29, 1.82) is 0 Å². The van der Waals surface area contributed by atoms with Crippen LogP contribution in [-0.4, -0.2) is 24.5 Å². The van der Waals surface area contributed by atoms with Crippen LogP contribution in [0.2, 0.25) is 0 Å². The molecule has 10 heavy (non-hydrogen) atoms. The molecule has 2 atom stereocenters. The van der Waals surface area contributed by atoms with Gasteiger partial charge in [-0.3, -0.25) is 0 Å². The molecule has 0 aliphatic carbocycles. The highest BCUT2D eigenvalue weighted by Gasteiger charge is 2.28. The highest BCUT2D eigenvalue weighted by atomic mass is 15.2. The predicted molar refractivity (Wildman–Crippen MR) is 45.0 cm³/mol. The van der Waals surface area contributed by atoms with E-state index in [9.17, 15) is 0 Å². The smallest absolute Gasteiger partial charge is 0.0118 e. The zero-order valence-corrected chi connectivity index (χ0v) is 7.59. The van der Waals surface area contributed by atoms with Crippen molar-refractivity contribution in [3.63, 3.8) is 0 Å². The predicted octanol–water partition coefficient (Wildman–Crippen LogP) is 1.98. The van der Waals surface area contributed by atoms with Crippen molar-refractivity contribution in [2.24, 2.45) is 11.8 Å². The minimum Gasteiger partial charge on any atom is -0.303 e. The van der Waals surface area contributed by atoms with Crippen molar-refractivity contribution < 1.29 is 0 Å². The third kappa shape index (κ3) is 1.51. The molecule has 1 heteroatoms. The molecule has 1 nitrogen and oxygen atoms in total. The normalized spacial score (nSPS) is 35.7. The van der Waals surface area contributed by atoms with E-state index in [-0.39, 0.29) is 0 Å². The summed E-state index contributed by atoms with van der Waals surface area (Å²) in [6.45, 7) is 8.28. The number of likely N-dealkylation sites (tertiary alicyclic amines) is 1. The maximum Gasteiger partial charge on any atom is 0.0118 e. The van der Waals surface area contributed by atoms with E-state index in [4.69, 9.17) is 0 Å². The van der Waals surface area contributed by atoms with Gasteiger partial charge in [0.2, 0.25) is 0 Å². The van der Waals surface area contributed by atoms with Crippen LogP contribution in [0.5, 0.6) is 0 Å². The van der Waals surface area contributed by atoms with E-state index >= 15 is 0 Å². The van der Waals surface area contributed by atoms with Crippen LogP contribution >= 0.6 is 0 Å². The van der Waals surface area contributed by atoms with E-state index in [1.54, 1.807) is 0 Å². The molecule has 0 spiro atoms. The van der Waals surface area contributed by atoms with E-state index < -0.39 is 0 Å². The van der Waals surface area contributed by atoms with E-state index in [1.807, 2.05) is 0 Å². The number of nitrogens with zero attached hydrogens (tertiary/aromatic N) is 1. The summed E-state index contributed by atoms with van der Waals surface area (Å²) in [5.74, 6) is 1.74. The van der Waals surface area contributed by atoms with Crippen molar-refractivity contribution >= 4 is 0 Å². The first-order valence-electron chi connectivity index (χ1n) is 4.31. The third-order valence-corrected chi connectivity index (χ3v) is 2.58. The van der Waals surface area contributed by atoms with Gasteiger partial charge in [-0.2, -0.15) is 0 Å². The Labute approximate surface area is 64.4 Å². The van der Waals surface area contributed by atoms with E-state index in [1.165, 1.54) is 13.0 Å². The van der Waals surface area contributed by atoms with Gasteiger partial charge in [0.15, 0.2) is 0 Å². The van der Waals surface area contributed by atoms with Gasteiger partial charge in [0.1, 0.15) is 0 Å². The number of hydrogen-bond acceptors (Lipinski definition) is 1. The van der Waals surface area contributed by atoms with Gasteiger partial charge in [-0.25, -0.2) is 0 Å². The summed E-state index contributed by atoms with van der Waals surface area (Å²) in [6, 6.07) is 0.843. The highest BCUT2D eigenvalue weighted by molar-refractivity contribution is 4.82. The molecule has 0 aromatic carbocycles. The van der Waals surface area contributed by atoms with Crippen LogP contribution in [0.1, 0.15) is 27.2 Å². The fourth-order valence-electron chi connectivity index (χ4n) is 2.07. The second-order valence-electron chi connectivity index (χ2n) is 4.09. The van der Waals surface area contributed by atoms with Crippen LogP contribution in [0, 0.1) is 11.8 Å². The lowest BCUT2D eigenvalue weighted by atomic mass is 9.99.